The second-order valence-corrected chi connectivity index (χ2v) is 5.50. The summed E-state index contributed by atoms with van der Waals surface area (Å²) in [6, 6.07) is 0.474. The maximum absolute atomic E-state index is 5.86. The van der Waals surface area contributed by atoms with Gasteiger partial charge in [-0.3, -0.25) is 0 Å². The van der Waals surface area contributed by atoms with Gasteiger partial charge in [-0.05, 0) is 32.1 Å². The first-order valence-corrected chi connectivity index (χ1v) is 6.38. The van der Waals surface area contributed by atoms with Crippen molar-refractivity contribution in [3.63, 3.8) is 0 Å². The van der Waals surface area contributed by atoms with Gasteiger partial charge in [-0.25, -0.2) is 0 Å². The van der Waals surface area contributed by atoms with Crippen LogP contribution in [0.1, 0.15) is 32.1 Å². The molecule has 2 aliphatic rings. The summed E-state index contributed by atoms with van der Waals surface area (Å²) in [6.07, 6.45) is 6.84. The molecule has 1 aliphatic heterocycles. The summed E-state index contributed by atoms with van der Waals surface area (Å²) in [5, 5.41) is 0.819. The molecule has 3 unspecified atom stereocenters. The molecule has 1 saturated carbocycles. The van der Waals surface area contributed by atoms with E-state index in [0.717, 1.165) is 11.9 Å². The van der Waals surface area contributed by atoms with Crippen LogP contribution in [-0.4, -0.2) is 29.8 Å². The van der Waals surface area contributed by atoms with Crippen molar-refractivity contribution < 1.29 is 4.74 Å². The van der Waals surface area contributed by atoms with Gasteiger partial charge in [0.2, 0.25) is 0 Å². The van der Waals surface area contributed by atoms with Crippen molar-refractivity contribution in [2.45, 2.75) is 49.5 Å². The normalized spacial score (nSPS) is 39.9. The van der Waals surface area contributed by atoms with Crippen molar-refractivity contribution in [1.82, 2.24) is 0 Å². The van der Waals surface area contributed by atoms with Crippen molar-refractivity contribution in [3.8, 4) is 0 Å². The lowest BCUT2D eigenvalue weighted by molar-refractivity contribution is 0.129. The third kappa shape index (κ3) is 2.86. The molecule has 0 aromatic rings. The van der Waals surface area contributed by atoms with E-state index >= 15 is 0 Å². The van der Waals surface area contributed by atoms with Gasteiger partial charge in [0.15, 0.2) is 0 Å². The first-order chi connectivity index (χ1) is 6.34. The number of rotatable bonds is 3. The molecule has 0 aromatic carbocycles. The highest BCUT2D eigenvalue weighted by Gasteiger charge is 2.24. The van der Waals surface area contributed by atoms with Crippen molar-refractivity contribution in [2.75, 3.05) is 12.4 Å². The molecule has 0 amide bonds. The van der Waals surface area contributed by atoms with E-state index in [0.29, 0.717) is 12.1 Å². The molecule has 2 fully saturated rings. The number of nitrogens with two attached hydrogens (primary N) is 1. The Balaban J connectivity index is 1.62. The Morgan fingerprint density at radius 1 is 1.31 bits per heavy atom. The number of hydrogen-bond donors (Lipinski definition) is 1. The molecule has 1 saturated heterocycles. The number of ether oxygens (including phenoxy) is 1. The largest absolute Gasteiger partial charge is 0.377 e. The molecular weight excluding hydrogens is 182 g/mol. The fourth-order valence-corrected chi connectivity index (χ4v) is 3.58. The van der Waals surface area contributed by atoms with Crippen LogP contribution in [0.4, 0.5) is 0 Å². The van der Waals surface area contributed by atoms with Gasteiger partial charge in [-0.1, -0.05) is 0 Å². The third-order valence-electron chi connectivity index (χ3n) is 2.97. The smallest absolute Gasteiger partial charge is 0.0666 e. The quantitative estimate of drug-likeness (QED) is 0.756. The average molecular weight is 201 g/mol. The number of thioether (sulfide) groups is 1. The molecule has 2 rings (SSSR count). The summed E-state index contributed by atoms with van der Waals surface area (Å²) < 4.78 is 5.59. The van der Waals surface area contributed by atoms with Gasteiger partial charge in [0, 0.05) is 23.7 Å². The molecule has 76 valence electrons. The predicted molar refractivity (Wildman–Crippen MR) is 57.0 cm³/mol. The molecule has 0 spiro atoms. The van der Waals surface area contributed by atoms with Crippen LogP contribution in [-0.2, 0) is 4.74 Å². The Hall–Kier alpha value is 0.270. The topological polar surface area (TPSA) is 35.2 Å². The summed E-state index contributed by atoms with van der Waals surface area (Å²) >= 11 is 2.08. The van der Waals surface area contributed by atoms with Gasteiger partial charge in [0.25, 0.3) is 0 Å². The Kier molecular flexibility index (Phi) is 3.52. The molecule has 3 atom stereocenters. The van der Waals surface area contributed by atoms with Gasteiger partial charge < -0.3 is 10.5 Å². The van der Waals surface area contributed by atoms with Crippen LogP contribution in [0.25, 0.3) is 0 Å². The first-order valence-electron chi connectivity index (χ1n) is 5.33. The molecule has 3 heteroatoms. The molecule has 0 radical (unpaired) electrons. The lowest BCUT2D eigenvalue weighted by atomic mass is 10.3. The van der Waals surface area contributed by atoms with E-state index in [1.165, 1.54) is 37.9 Å². The average Bonchev–Trinajstić information content (AvgIpc) is 2.71. The summed E-state index contributed by atoms with van der Waals surface area (Å²) in [4.78, 5) is 0. The fraction of sp³-hybridized carbons (Fsp3) is 1.00. The number of hydrogen-bond acceptors (Lipinski definition) is 3. The summed E-state index contributed by atoms with van der Waals surface area (Å²) in [7, 11) is 0. The van der Waals surface area contributed by atoms with Gasteiger partial charge in [-0.2, -0.15) is 11.8 Å². The molecule has 2 N–H and O–H groups in total. The van der Waals surface area contributed by atoms with Gasteiger partial charge in [0.1, 0.15) is 0 Å². The van der Waals surface area contributed by atoms with E-state index in [1.807, 2.05) is 0 Å². The maximum atomic E-state index is 5.86. The lowest BCUT2D eigenvalue weighted by Crippen LogP contribution is -2.16. The molecule has 13 heavy (non-hydrogen) atoms. The molecule has 0 aromatic heterocycles. The van der Waals surface area contributed by atoms with E-state index in [1.54, 1.807) is 0 Å². The highest BCUT2D eigenvalue weighted by molar-refractivity contribution is 7.99. The van der Waals surface area contributed by atoms with Crippen molar-refractivity contribution >= 4 is 11.8 Å². The summed E-state index contributed by atoms with van der Waals surface area (Å²) in [5.41, 5.74) is 5.86. The van der Waals surface area contributed by atoms with Crippen LogP contribution in [0, 0.1) is 0 Å². The molecule has 2 nitrogen and oxygen atoms in total. The van der Waals surface area contributed by atoms with E-state index in [9.17, 15) is 0 Å². The van der Waals surface area contributed by atoms with E-state index in [-0.39, 0.29) is 0 Å². The predicted octanol–water partition coefficient (Wildman–Crippen LogP) is 1.78. The van der Waals surface area contributed by atoms with Crippen LogP contribution in [0.5, 0.6) is 0 Å². The SMILES string of the molecule is NC1CCC(SCC2CCCO2)C1. The third-order valence-corrected chi connectivity index (χ3v) is 4.43. The zero-order chi connectivity index (χ0) is 9.10. The van der Waals surface area contributed by atoms with Crippen LogP contribution in [0.15, 0.2) is 0 Å². The minimum absolute atomic E-state index is 0.474. The zero-order valence-corrected chi connectivity index (χ0v) is 8.89. The molecular formula is C10H19NOS. The Bertz CT molecular complexity index is 159. The second kappa shape index (κ2) is 4.67. The van der Waals surface area contributed by atoms with Crippen LogP contribution in [0.3, 0.4) is 0 Å². The van der Waals surface area contributed by atoms with Crippen molar-refractivity contribution in [3.05, 3.63) is 0 Å². The zero-order valence-electron chi connectivity index (χ0n) is 8.08. The van der Waals surface area contributed by atoms with Gasteiger partial charge in [-0.15, -0.1) is 0 Å². The van der Waals surface area contributed by atoms with Crippen LogP contribution < -0.4 is 5.73 Å². The monoisotopic (exact) mass is 201 g/mol. The maximum Gasteiger partial charge on any atom is 0.0666 e. The first kappa shape index (κ1) is 9.81. The summed E-state index contributed by atoms with van der Waals surface area (Å²) in [6.45, 7) is 0.982. The Morgan fingerprint density at radius 2 is 2.23 bits per heavy atom. The minimum atomic E-state index is 0.474. The fourth-order valence-electron chi connectivity index (χ4n) is 2.14. The minimum Gasteiger partial charge on any atom is -0.377 e. The van der Waals surface area contributed by atoms with Gasteiger partial charge in [0.05, 0.1) is 6.10 Å². The van der Waals surface area contributed by atoms with Crippen molar-refractivity contribution in [2.24, 2.45) is 5.73 Å². The molecule has 0 bridgehead atoms. The molecule has 1 heterocycles. The van der Waals surface area contributed by atoms with Gasteiger partial charge >= 0.3 is 0 Å². The second-order valence-electron chi connectivity index (χ2n) is 4.16. The Morgan fingerprint density at radius 3 is 2.85 bits per heavy atom. The standard InChI is InChI=1S/C10H19NOS/c11-8-3-4-10(6-8)13-7-9-2-1-5-12-9/h8-10H,1-7,11H2. The Labute approximate surface area is 84.6 Å². The lowest BCUT2D eigenvalue weighted by Gasteiger charge is -2.13. The highest BCUT2D eigenvalue weighted by atomic mass is 32.2. The summed E-state index contributed by atoms with van der Waals surface area (Å²) in [5.74, 6) is 1.19. The van der Waals surface area contributed by atoms with E-state index in [4.69, 9.17) is 10.5 Å². The van der Waals surface area contributed by atoms with Crippen LogP contribution >= 0.6 is 11.8 Å². The van der Waals surface area contributed by atoms with E-state index < -0.39 is 0 Å². The van der Waals surface area contributed by atoms with Crippen molar-refractivity contribution in [1.29, 1.82) is 0 Å². The van der Waals surface area contributed by atoms with Crippen LogP contribution in [0.2, 0.25) is 0 Å². The highest BCUT2D eigenvalue weighted by Crippen LogP contribution is 2.30. The molecule has 1 aliphatic carbocycles. The van der Waals surface area contributed by atoms with E-state index in [2.05, 4.69) is 11.8 Å².